The molecule has 2 bridgehead atoms. The van der Waals surface area contributed by atoms with Gasteiger partial charge in [0.05, 0.1) is 25.4 Å². The standard InChI is InChI=1S/C16H22N2O3/c1-21-15-5-3-2-4-14(15)17-16(20)10-18-11-6-7-12(18)9-13(19)8-11/h2-5,11-13,19H,6-10H2,1H3,(H,17,20). The first kappa shape index (κ1) is 14.4. The van der Waals surface area contributed by atoms with Crippen molar-refractivity contribution in [1.82, 2.24) is 4.90 Å². The van der Waals surface area contributed by atoms with Crippen LogP contribution in [0.5, 0.6) is 5.75 Å². The number of nitrogens with zero attached hydrogens (tertiary/aromatic N) is 1. The normalized spacial score (nSPS) is 28.4. The molecule has 2 fully saturated rings. The minimum atomic E-state index is -0.198. The summed E-state index contributed by atoms with van der Waals surface area (Å²) in [4.78, 5) is 14.5. The van der Waals surface area contributed by atoms with Crippen molar-refractivity contribution >= 4 is 11.6 Å². The average Bonchev–Trinajstić information content (AvgIpc) is 2.71. The highest BCUT2D eigenvalue weighted by molar-refractivity contribution is 5.93. The van der Waals surface area contributed by atoms with Crippen molar-refractivity contribution in [2.45, 2.75) is 43.9 Å². The van der Waals surface area contributed by atoms with Crippen LogP contribution in [0.25, 0.3) is 0 Å². The van der Waals surface area contributed by atoms with E-state index in [0.717, 1.165) is 25.7 Å². The summed E-state index contributed by atoms with van der Waals surface area (Å²) in [5.41, 5.74) is 0.703. The fourth-order valence-corrected chi connectivity index (χ4v) is 3.61. The molecule has 2 N–H and O–H groups in total. The van der Waals surface area contributed by atoms with Crippen LogP contribution in [0.3, 0.4) is 0 Å². The molecule has 2 unspecified atom stereocenters. The minimum absolute atomic E-state index is 0.0206. The molecule has 2 aliphatic rings. The van der Waals surface area contributed by atoms with Crippen molar-refractivity contribution in [2.24, 2.45) is 0 Å². The van der Waals surface area contributed by atoms with Crippen molar-refractivity contribution in [1.29, 1.82) is 0 Å². The first-order chi connectivity index (χ1) is 10.2. The lowest BCUT2D eigenvalue weighted by Crippen LogP contribution is -2.47. The Labute approximate surface area is 124 Å². The molecule has 1 amide bonds. The number of carbonyl (C=O) groups excluding carboxylic acids is 1. The van der Waals surface area contributed by atoms with Crippen LogP contribution in [0.15, 0.2) is 24.3 Å². The quantitative estimate of drug-likeness (QED) is 0.884. The van der Waals surface area contributed by atoms with Crippen molar-refractivity contribution in [3.63, 3.8) is 0 Å². The van der Waals surface area contributed by atoms with Gasteiger partial charge in [-0.1, -0.05) is 12.1 Å². The van der Waals surface area contributed by atoms with Crippen LogP contribution in [0.1, 0.15) is 25.7 Å². The van der Waals surface area contributed by atoms with Crippen molar-refractivity contribution in [3.8, 4) is 5.75 Å². The van der Waals surface area contributed by atoms with E-state index in [1.807, 2.05) is 24.3 Å². The van der Waals surface area contributed by atoms with Gasteiger partial charge in [0.25, 0.3) is 0 Å². The molecule has 2 heterocycles. The first-order valence-corrected chi connectivity index (χ1v) is 7.54. The molecule has 1 aromatic carbocycles. The maximum atomic E-state index is 12.3. The van der Waals surface area contributed by atoms with Crippen LogP contribution >= 0.6 is 0 Å². The Morgan fingerprint density at radius 1 is 1.33 bits per heavy atom. The summed E-state index contributed by atoms with van der Waals surface area (Å²) in [7, 11) is 1.59. The van der Waals surface area contributed by atoms with Crippen LogP contribution in [-0.2, 0) is 4.79 Å². The monoisotopic (exact) mass is 290 g/mol. The van der Waals surface area contributed by atoms with E-state index in [-0.39, 0.29) is 12.0 Å². The highest BCUT2D eigenvalue weighted by atomic mass is 16.5. The fraction of sp³-hybridized carbons (Fsp3) is 0.562. The number of piperidine rings is 1. The van der Waals surface area contributed by atoms with Crippen LogP contribution in [0.2, 0.25) is 0 Å². The van der Waals surface area contributed by atoms with E-state index in [1.165, 1.54) is 0 Å². The van der Waals surface area contributed by atoms with Gasteiger partial charge in [0.2, 0.25) is 5.91 Å². The van der Waals surface area contributed by atoms with Gasteiger partial charge in [-0.3, -0.25) is 9.69 Å². The summed E-state index contributed by atoms with van der Waals surface area (Å²) in [5, 5.41) is 12.7. The zero-order valence-corrected chi connectivity index (χ0v) is 12.3. The Kier molecular flexibility index (Phi) is 4.12. The molecule has 0 radical (unpaired) electrons. The van der Waals surface area contributed by atoms with Crippen LogP contribution in [-0.4, -0.2) is 47.8 Å². The van der Waals surface area contributed by atoms with Gasteiger partial charge in [-0.25, -0.2) is 0 Å². The summed E-state index contributed by atoms with van der Waals surface area (Å²) in [6, 6.07) is 8.12. The van der Waals surface area contributed by atoms with Crippen molar-refractivity contribution in [3.05, 3.63) is 24.3 Å². The number of para-hydroxylation sites is 2. The number of anilines is 1. The second-order valence-corrected chi connectivity index (χ2v) is 5.93. The molecule has 2 aliphatic heterocycles. The lowest BCUT2D eigenvalue weighted by Gasteiger charge is -2.36. The summed E-state index contributed by atoms with van der Waals surface area (Å²) in [6.45, 7) is 0.389. The maximum absolute atomic E-state index is 12.3. The molecular weight excluding hydrogens is 268 g/mol. The Morgan fingerprint density at radius 3 is 2.67 bits per heavy atom. The zero-order chi connectivity index (χ0) is 14.8. The summed E-state index contributed by atoms with van der Waals surface area (Å²) in [6.07, 6.45) is 3.56. The molecule has 3 rings (SSSR count). The second kappa shape index (κ2) is 6.03. The molecule has 114 valence electrons. The zero-order valence-electron chi connectivity index (χ0n) is 12.3. The van der Waals surface area contributed by atoms with E-state index < -0.39 is 0 Å². The third kappa shape index (κ3) is 3.04. The van der Waals surface area contributed by atoms with Gasteiger partial charge < -0.3 is 15.2 Å². The lowest BCUT2D eigenvalue weighted by atomic mass is 10.00. The molecule has 5 nitrogen and oxygen atoms in total. The number of hydrogen-bond acceptors (Lipinski definition) is 4. The third-order valence-electron chi connectivity index (χ3n) is 4.57. The predicted octanol–water partition coefficient (Wildman–Crippen LogP) is 1.62. The van der Waals surface area contributed by atoms with Crippen LogP contribution in [0.4, 0.5) is 5.69 Å². The number of methoxy groups -OCH3 is 1. The molecule has 2 saturated heterocycles. The number of fused-ring (bicyclic) bond motifs is 2. The molecular formula is C16H22N2O3. The van der Waals surface area contributed by atoms with Gasteiger partial charge in [0, 0.05) is 12.1 Å². The SMILES string of the molecule is COc1ccccc1NC(=O)CN1C2CCC1CC(O)C2. The average molecular weight is 290 g/mol. The summed E-state index contributed by atoms with van der Waals surface area (Å²) >= 11 is 0. The van der Waals surface area contributed by atoms with E-state index in [2.05, 4.69) is 10.2 Å². The van der Waals surface area contributed by atoms with Gasteiger partial charge in [0.1, 0.15) is 5.75 Å². The molecule has 0 aromatic heterocycles. The minimum Gasteiger partial charge on any atom is -0.495 e. The smallest absolute Gasteiger partial charge is 0.238 e. The van der Waals surface area contributed by atoms with E-state index in [9.17, 15) is 9.90 Å². The number of ether oxygens (including phenoxy) is 1. The molecule has 1 aromatic rings. The summed E-state index contributed by atoms with van der Waals surface area (Å²) < 4.78 is 5.24. The van der Waals surface area contributed by atoms with Gasteiger partial charge in [-0.15, -0.1) is 0 Å². The topological polar surface area (TPSA) is 61.8 Å². The van der Waals surface area contributed by atoms with E-state index in [4.69, 9.17) is 4.74 Å². The van der Waals surface area contributed by atoms with Crippen molar-refractivity contribution < 1.29 is 14.6 Å². The fourth-order valence-electron chi connectivity index (χ4n) is 3.61. The number of amides is 1. The van der Waals surface area contributed by atoms with Crippen molar-refractivity contribution in [2.75, 3.05) is 19.0 Å². The van der Waals surface area contributed by atoms with Gasteiger partial charge >= 0.3 is 0 Å². The number of hydrogen-bond donors (Lipinski definition) is 2. The molecule has 2 atom stereocenters. The van der Waals surface area contributed by atoms with Crippen LogP contribution in [0, 0.1) is 0 Å². The van der Waals surface area contributed by atoms with E-state index in [1.54, 1.807) is 7.11 Å². The van der Waals surface area contributed by atoms with Gasteiger partial charge in [-0.2, -0.15) is 0 Å². The van der Waals surface area contributed by atoms with E-state index in [0.29, 0.717) is 30.1 Å². The molecule has 0 spiro atoms. The van der Waals surface area contributed by atoms with E-state index >= 15 is 0 Å². The molecule has 21 heavy (non-hydrogen) atoms. The maximum Gasteiger partial charge on any atom is 0.238 e. The predicted molar refractivity (Wildman–Crippen MR) is 80.4 cm³/mol. The lowest BCUT2D eigenvalue weighted by molar-refractivity contribution is -0.119. The van der Waals surface area contributed by atoms with Gasteiger partial charge in [-0.05, 0) is 37.8 Å². The number of benzene rings is 1. The molecule has 5 heteroatoms. The van der Waals surface area contributed by atoms with Gasteiger partial charge in [0.15, 0.2) is 0 Å². The Balaban J connectivity index is 1.62. The third-order valence-corrected chi connectivity index (χ3v) is 4.57. The van der Waals surface area contributed by atoms with Crippen LogP contribution < -0.4 is 10.1 Å². The highest BCUT2D eigenvalue weighted by Crippen LogP contribution is 2.35. The first-order valence-electron chi connectivity index (χ1n) is 7.54. The Morgan fingerprint density at radius 2 is 2.00 bits per heavy atom. The number of aliphatic hydroxyl groups is 1. The Bertz CT molecular complexity index is 506. The number of nitrogens with one attached hydrogen (secondary N) is 1. The molecule has 0 saturated carbocycles. The molecule has 0 aliphatic carbocycles. The largest absolute Gasteiger partial charge is 0.495 e. The number of rotatable bonds is 4. The number of aliphatic hydroxyl groups excluding tert-OH is 1. The summed E-state index contributed by atoms with van der Waals surface area (Å²) in [5.74, 6) is 0.649. The second-order valence-electron chi connectivity index (χ2n) is 5.93. The Hall–Kier alpha value is -1.59. The number of carbonyl (C=O) groups is 1. The highest BCUT2D eigenvalue weighted by Gasteiger charge is 2.40.